The second kappa shape index (κ2) is 5.55. The number of nitrogen functional groups attached to an aromatic ring is 1. The molecule has 0 radical (unpaired) electrons. The van der Waals surface area contributed by atoms with Crippen molar-refractivity contribution in [1.29, 1.82) is 0 Å². The number of hydrogen-bond acceptors (Lipinski definition) is 5. The lowest BCUT2D eigenvalue weighted by molar-refractivity contribution is 0.107. The molecule has 0 spiro atoms. The molecule has 11 heteroatoms. The summed E-state index contributed by atoms with van der Waals surface area (Å²) in [4.78, 5) is 36.1. The molecule has 20 heavy (non-hydrogen) atoms. The van der Waals surface area contributed by atoms with Gasteiger partial charge in [0.2, 0.25) is 0 Å². The van der Waals surface area contributed by atoms with E-state index in [1.807, 2.05) is 0 Å². The predicted octanol–water partition coefficient (Wildman–Crippen LogP) is -0.860. The topological polar surface area (TPSA) is 187 Å². The Morgan fingerprint density at radius 1 is 1.05 bits per heavy atom. The maximum atomic E-state index is 11.2. The van der Waals surface area contributed by atoms with E-state index in [-0.39, 0.29) is 6.42 Å². The van der Waals surface area contributed by atoms with Crippen molar-refractivity contribution in [1.82, 2.24) is 0 Å². The van der Waals surface area contributed by atoms with E-state index < -0.39 is 26.3 Å². The molecule has 1 aromatic carbocycles. The summed E-state index contributed by atoms with van der Waals surface area (Å²) < 4.78 is 22.5. The minimum absolute atomic E-state index is 0.354. The molecule has 1 rings (SSSR count). The van der Waals surface area contributed by atoms with Crippen molar-refractivity contribution in [3.8, 4) is 0 Å². The van der Waals surface area contributed by atoms with Gasteiger partial charge in [0.05, 0.1) is 6.04 Å². The third-order valence-corrected chi connectivity index (χ3v) is 6.73. The minimum atomic E-state index is -5.57. The van der Waals surface area contributed by atoms with Crippen molar-refractivity contribution >= 4 is 20.9 Å². The van der Waals surface area contributed by atoms with E-state index in [4.69, 9.17) is 31.0 Å². The largest absolute Gasteiger partial charge is 0.399 e. The number of anilines is 1. The summed E-state index contributed by atoms with van der Waals surface area (Å²) in [6.45, 7) is 0. The standard InChI is InChI=1S/C9H16N2O7P2/c10-7-3-1-6(2-4-7)5-8(11)9(12,19(13,14)15)20(16,17)18/h1-4,8,12H,5,10-11H2,(H2,13,14,15)(H2,16,17,18). The van der Waals surface area contributed by atoms with Gasteiger partial charge in [-0.05, 0) is 24.1 Å². The van der Waals surface area contributed by atoms with Crippen LogP contribution in [-0.4, -0.2) is 35.8 Å². The fraction of sp³-hybridized carbons (Fsp3) is 0.333. The predicted molar refractivity (Wildman–Crippen MR) is 71.6 cm³/mol. The van der Waals surface area contributed by atoms with Gasteiger partial charge in [-0.15, -0.1) is 0 Å². The van der Waals surface area contributed by atoms with Gasteiger partial charge in [-0.3, -0.25) is 9.13 Å². The molecule has 0 aliphatic rings. The van der Waals surface area contributed by atoms with E-state index in [9.17, 15) is 14.2 Å². The second-order valence-corrected chi connectivity index (χ2v) is 8.22. The first-order chi connectivity index (χ1) is 8.89. The van der Waals surface area contributed by atoms with Crippen LogP contribution in [0.5, 0.6) is 0 Å². The van der Waals surface area contributed by atoms with Crippen LogP contribution in [0.3, 0.4) is 0 Å². The molecular weight excluding hydrogens is 310 g/mol. The molecule has 1 atom stereocenters. The summed E-state index contributed by atoms with van der Waals surface area (Å²) in [6.07, 6.45) is -0.354. The van der Waals surface area contributed by atoms with Crippen LogP contribution >= 0.6 is 15.2 Å². The first-order valence-electron chi connectivity index (χ1n) is 5.33. The zero-order valence-electron chi connectivity index (χ0n) is 10.2. The van der Waals surface area contributed by atoms with Crippen LogP contribution in [0, 0.1) is 0 Å². The summed E-state index contributed by atoms with van der Waals surface area (Å²) in [7, 11) is -11.1. The molecule has 0 amide bonds. The summed E-state index contributed by atoms with van der Waals surface area (Å²) in [6, 6.07) is 4.03. The Labute approximate surface area is 114 Å². The van der Waals surface area contributed by atoms with Crippen LogP contribution < -0.4 is 11.5 Å². The smallest absolute Gasteiger partial charge is 0.371 e. The molecular formula is C9H16N2O7P2. The molecule has 0 aliphatic heterocycles. The molecule has 9 N–H and O–H groups in total. The molecule has 9 nitrogen and oxygen atoms in total. The third-order valence-electron chi connectivity index (χ3n) is 2.79. The van der Waals surface area contributed by atoms with Gasteiger partial charge in [0.25, 0.3) is 5.08 Å². The Kier molecular flexibility index (Phi) is 4.80. The fourth-order valence-electron chi connectivity index (χ4n) is 1.65. The summed E-state index contributed by atoms with van der Waals surface area (Å²) in [5, 5.41) is 6.16. The van der Waals surface area contributed by atoms with Crippen molar-refractivity contribution in [2.24, 2.45) is 5.73 Å². The molecule has 1 unspecified atom stereocenters. The Hall–Kier alpha value is -0.760. The first-order valence-corrected chi connectivity index (χ1v) is 8.55. The van der Waals surface area contributed by atoms with Crippen molar-refractivity contribution in [2.75, 3.05) is 5.73 Å². The van der Waals surface area contributed by atoms with Gasteiger partial charge in [-0.1, -0.05) is 12.1 Å². The summed E-state index contributed by atoms with van der Waals surface area (Å²) in [5.41, 5.74) is 11.7. The van der Waals surface area contributed by atoms with E-state index in [1.165, 1.54) is 24.3 Å². The van der Waals surface area contributed by atoms with Crippen molar-refractivity contribution in [3.05, 3.63) is 29.8 Å². The van der Waals surface area contributed by atoms with E-state index in [1.54, 1.807) is 0 Å². The summed E-state index contributed by atoms with van der Waals surface area (Å²) >= 11 is 0. The zero-order valence-corrected chi connectivity index (χ0v) is 12.0. The Morgan fingerprint density at radius 3 is 1.80 bits per heavy atom. The average molecular weight is 326 g/mol. The molecule has 1 aromatic rings. The molecule has 0 saturated heterocycles. The van der Waals surface area contributed by atoms with Crippen LogP contribution in [0.2, 0.25) is 0 Å². The Balaban J connectivity index is 3.14. The Morgan fingerprint density at radius 2 is 1.45 bits per heavy atom. The third kappa shape index (κ3) is 3.28. The molecule has 0 heterocycles. The highest BCUT2D eigenvalue weighted by Gasteiger charge is 2.63. The average Bonchev–Trinajstić information content (AvgIpc) is 2.28. The number of aliphatic hydroxyl groups is 1. The van der Waals surface area contributed by atoms with Gasteiger partial charge in [0.1, 0.15) is 0 Å². The number of hydrogen-bond donors (Lipinski definition) is 7. The van der Waals surface area contributed by atoms with Gasteiger partial charge < -0.3 is 36.1 Å². The Bertz CT molecular complexity index is 542. The lowest BCUT2D eigenvalue weighted by atomic mass is 10.1. The lowest BCUT2D eigenvalue weighted by Gasteiger charge is -2.34. The SMILES string of the molecule is Nc1ccc(CC(N)C(O)(P(=O)(O)O)P(=O)(O)O)cc1. The normalized spacial score (nSPS) is 15.1. The fourth-order valence-corrected chi connectivity index (χ4v) is 4.05. The number of rotatable bonds is 5. The van der Waals surface area contributed by atoms with Crippen molar-refractivity contribution in [3.63, 3.8) is 0 Å². The summed E-state index contributed by atoms with van der Waals surface area (Å²) in [5.74, 6) is 0. The highest BCUT2D eigenvalue weighted by Crippen LogP contribution is 2.68. The van der Waals surface area contributed by atoms with Gasteiger partial charge in [0, 0.05) is 5.69 Å². The quantitative estimate of drug-likeness (QED) is 0.267. The highest BCUT2D eigenvalue weighted by molar-refractivity contribution is 7.72. The van der Waals surface area contributed by atoms with E-state index in [0.717, 1.165) is 0 Å². The molecule has 114 valence electrons. The molecule has 0 aliphatic carbocycles. The number of nitrogens with two attached hydrogens (primary N) is 2. The van der Waals surface area contributed by atoms with E-state index in [0.29, 0.717) is 11.3 Å². The molecule has 0 saturated carbocycles. The van der Waals surface area contributed by atoms with Gasteiger partial charge in [0.15, 0.2) is 0 Å². The first kappa shape index (κ1) is 17.3. The molecule has 0 fully saturated rings. The van der Waals surface area contributed by atoms with Crippen LogP contribution in [0.1, 0.15) is 5.56 Å². The highest BCUT2D eigenvalue weighted by atomic mass is 31.2. The molecule has 0 bridgehead atoms. The maximum Gasteiger partial charge on any atom is 0.371 e. The van der Waals surface area contributed by atoms with Crippen LogP contribution in [-0.2, 0) is 15.6 Å². The van der Waals surface area contributed by atoms with Crippen LogP contribution in [0.4, 0.5) is 5.69 Å². The maximum absolute atomic E-state index is 11.2. The van der Waals surface area contributed by atoms with E-state index >= 15 is 0 Å². The van der Waals surface area contributed by atoms with Gasteiger partial charge >= 0.3 is 15.2 Å². The van der Waals surface area contributed by atoms with Gasteiger partial charge in [-0.25, -0.2) is 0 Å². The van der Waals surface area contributed by atoms with Crippen LogP contribution in [0.25, 0.3) is 0 Å². The van der Waals surface area contributed by atoms with E-state index in [2.05, 4.69) is 0 Å². The lowest BCUT2D eigenvalue weighted by Crippen LogP contribution is -2.48. The van der Waals surface area contributed by atoms with Crippen LogP contribution in [0.15, 0.2) is 24.3 Å². The molecule has 0 aromatic heterocycles. The minimum Gasteiger partial charge on any atom is -0.399 e. The second-order valence-electron chi connectivity index (χ2n) is 4.33. The number of benzene rings is 1. The monoisotopic (exact) mass is 326 g/mol. The van der Waals surface area contributed by atoms with Crippen molar-refractivity contribution in [2.45, 2.75) is 17.5 Å². The van der Waals surface area contributed by atoms with Crippen molar-refractivity contribution < 1.29 is 33.8 Å². The zero-order chi connectivity index (χ0) is 15.8. The van der Waals surface area contributed by atoms with Gasteiger partial charge in [-0.2, -0.15) is 0 Å².